The molecule has 5 rings (SSSR count). The Kier molecular flexibility index (Phi) is 17.6. The number of rotatable bonds is 22. The summed E-state index contributed by atoms with van der Waals surface area (Å²) in [5.41, 5.74) is 0.238. The first kappa shape index (κ1) is 43.2. The second-order valence-corrected chi connectivity index (χ2v) is 15.1. The van der Waals surface area contributed by atoms with Crippen LogP contribution in [0.25, 0.3) is 0 Å². The molecular weight excluding hydrogens is 743 g/mol. The van der Waals surface area contributed by atoms with Gasteiger partial charge in [0.1, 0.15) is 12.7 Å². The zero-order valence-electron chi connectivity index (χ0n) is 32.7. The molecule has 1 saturated heterocycles. The summed E-state index contributed by atoms with van der Waals surface area (Å²) in [6.07, 6.45) is 3.51. The number of carbonyl (C=O) groups is 4. The van der Waals surface area contributed by atoms with Crippen molar-refractivity contribution < 1.29 is 42.9 Å². The molecule has 57 heavy (non-hydrogen) atoms. The Bertz CT molecular complexity index is 1800. The predicted octanol–water partition coefficient (Wildman–Crippen LogP) is 9.36. The second kappa shape index (κ2) is 23.3. The molecule has 302 valence electrons. The van der Waals surface area contributed by atoms with Gasteiger partial charge in [-0.1, -0.05) is 125 Å². The maximum atomic E-state index is 13.9. The largest absolute Gasteiger partial charge is 0.458 e. The number of hydrogen-bond donors (Lipinski definition) is 0. The zero-order valence-corrected chi connectivity index (χ0v) is 33.6. The molecular formula is C46H53NO9S. The molecule has 0 aliphatic carbocycles. The lowest BCUT2D eigenvalue weighted by Crippen LogP contribution is -2.47. The van der Waals surface area contributed by atoms with Crippen LogP contribution in [0.4, 0.5) is 0 Å². The topological polar surface area (TPSA) is 118 Å². The van der Waals surface area contributed by atoms with Crippen molar-refractivity contribution in [3.8, 4) is 0 Å². The summed E-state index contributed by atoms with van der Waals surface area (Å²) in [5.74, 6) is -2.67. The van der Waals surface area contributed by atoms with E-state index in [0.29, 0.717) is 11.1 Å². The summed E-state index contributed by atoms with van der Waals surface area (Å²) in [6, 6.07) is 33.9. The highest BCUT2D eigenvalue weighted by atomic mass is 32.2. The van der Waals surface area contributed by atoms with Crippen LogP contribution in [-0.4, -0.2) is 77.7 Å². The third-order valence-corrected chi connectivity index (χ3v) is 10.8. The van der Waals surface area contributed by atoms with E-state index in [0.717, 1.165) is 64.5 Å². The van der Waals surface area contributed by atoms with Crippen molar-refractivity contribution in [1.82, 2.24) is 4.31 Å². The molecule has 1 fully saturated rings. The third kappa shape index (κ3) is 13.3. The van der Waals surface area contributed by atoms with Crippen LogP contribution in [0.3, 0.4) is 0 Å². The van der Waals surface area contributed by atoms with E-state index >= 15 is 0 Å². The summed E-state index contributed by atoms with van der Waals surface area (Å²) in [6.45, 7) is 5.42. The van der Waals surface area contributed by atoms with E-state index in [1.165, 1.54) is 11.9 Å². The molecule has 0 radical (unpaired) electrons. The molecule has 0 spiro atoms. The van der Waals surface area contributed by atoms with Crippen molar-refractivity contribution in [2.75, 3.05) is 19.7 Å². The van der Waals surface area contributed by atoms with Crippen molar-refractivity contribution in [3.05, 3.63) is 144 Å². The van der Waals surface area contributed by atoms with Crippen LogP contribution in [-0.2, 0) is 23.7 Å². The van der Waals surface area contributed by atoms with Crippen molar-refractivity contribution in [3.63, 3.8) is 0 Å². The van der Waals surface area contributed by atoms with Crippen molar-refractivity contribution in [2.45, 2.75) is 95.1 Å². The van der Waals surface area contributed by atoms with Gasteiger partial charge in [0, 0.05) is 13.1 Å². The third-order valence-electron chi connectivity index (χ3n) is 9.51. The molecule has 11 heteroatoms. The Labute approximate surface area is 340 Å². The van der Waals surface area contributed by atoms with Gasteiger partial charge in [-0.05, 0) is 73.3 Å². The second-order valence-electron chi connectivity index (χ2n) is 13.9. The van der Waals surface area contributed by atoms with Gasteiger partial charge in [-0.3, -0.25) is 0 Å². The Balaban J connectivity index is 1.53. The predicted molar refractivity (Wildman–Crippen MR) is 220 cm³/mol. The van der Waals surface area contributed by atoms with E-state index in [1.807, 2.05) is 0 Å². The minimum atomic E-state index is -1.29. The molecule has 1 heterocycles. The number of unbranched alkanes of at least 4 members (excludes halogenated alkanes) is 6. The molecule has 1 aliphatic rings. The highest BCUT2D eigenvalue weighted by Gasteiger charge is 2.55. The van der Waals surface area contributed by atoms with Crippen molar-refractivity contribution in [2.24, 2.45) is 0 Å². The Hall–Kier alpha value is -4.97. The van der Waals surface area contributed by atoms with E-state index in [2.05, 4.69) is 18.2 Å². The number of hydrogen-bond acceptors (Lipinski definition) is 11. The number of esters is 4. The Morgan fingerprint density at radius 1 is 0.561 bits per heavy atom. The standard InChI is InChI=1S/C46H53NO9S/c1-3-5-7-21-31-47(32-22-8-6-4-2)57-46-41(55-45(51)37-29-19-12-20-30-37)40(54-44(50)36-27-17-11-18-28-36)39(56-46)38(53-43(49)35-25-15-10-16-26-35)33-52-42(48)34-23-13-9-14-24-34/h9-20,23-30,38-41,46H,3-8,21-22,31-33H2,1-2H3/t38-,39+,40+,41-,46+/m1/s1. The molecule has 0 unspecified atom stereocenters. The van der Waals surface area contributed by atoms with Crippen molar-refractivity contribution in [1.29, 1.82) is 0 Å². The lowest BCUT2D eigenvalue weighted by atomic mass is 10.1. The van der Waals surface area contributed by atoms with Gasteiger partial charge in [0.05, 0.1) is 22.3 Å². The van der Waals surface area contributed by atoms with Crippen LogP contribution in [0.5, 0.6) is 0 Å². The van der Waals surface area contributed by atoms with E-state index in [9.17, 15) is 19.2 Å². The first-order valence-corrected chi connectivity index (χ1v) is 20.8. The number of carbonyl (C=O) groups excluding carboxylic acids is 4. The van der Waals surface area contributed by atoms with E-state index in [4.69, 9.17) is 23.7 Å². The van der Waals surface area contributed by atoms with Crippen LogP contribution < -0.4 is 0 Å². The molecule has 0 amide bonds. The highest BCUT2D eigenvalue weighted by molar-refractivity contribution is 7.97. The van der Waals surface area contributed by atoms with Crippen LogP contribution >= 0.6 is 11.9 Å². The maximum absolute atomic E-state index is 13.9. The van der Waals surface area contributed by atoms with E-state index < -0.39 is 60.3 Å². The summed E-state index contributed by atoms with van der Waals surface area (Å²) in [7, 11) is 0. The first-order chi connectivity index (χ1) is 27.9. The fraction of sp³-hybridized carbons (Fsp3) is 0.391. The average Bonchev–Trinajstić information content (AvgIpc) is 3.58. The lowest BCUT2D eigenvalue weighted by Gasteiger charge is -2.29. The number of nitrogens with zero attached hydrogens (tertiary/aromatic N) is 1. The van der Waals surface area contributed by atoms with Gasteiger partial charge in [0.25, 0.3) is 0 Å². The molecule has 0 saturated carbocycles. The quantitative estimate of drug-likeness (QED) is 0.0328. The van der Waals surface area contributed by atoms with Crippen LogP contribution in [0.1, 0.15) is 107 Å². The summed E-state index contributed by atoms with van der Waals surface area (Å²) < 4.78 is 33.4. The van der Waals surface area contributed by atoms with Gasteiger partial charge in [-0.15, -0.1) is 0 Å². The molecule has 4 aromatic rings. The highest BCUT2D eigenvalue weighted by Crippen LogP contribution is 2.39. The van der Waals surface area contributed by atoms with E-state index in [-0.39, 0.29) is 11.1 Å². The van der Waals surface area contributed by atoms with Gasteiger partial charge in [-0.25, -0.2) is 23.5 Å². The SMILES string of the molecule is CCCCCCN(CCCCCC)S[C@@H]1O[C@@H]([C@@H](COC(=O)c2ccccc2)OC(=O)c2ccccc2)[C@H](OC(=O)c2ccccc2)[C@H]1OC(=O)c1ccccc1. The number of benzene rings is 4. The molecule has 0 bridgehead atoms. The molecule has 4 aromatic carbocycles. The Morgan fingerprint density at radius 2 is 0.982 bits per heavy atom. The Morgan fingerprint density at radius 3 is 1.44 bits per heavy atom. The first-order valence-electron chi connectivity index (χ1n) is 19.9. The van der Waals surface area contributed by atoms with Crippen LogP contribution in [0.15, 0.2) is 121 Å². The van der Waals surface area contributed by atoms with Gasteiger partial charge < -0.3 is 23.7 Å². The molecule has 5 atom stereocenters. The number of ether oxygens (including phenoxy) is 5. The monoisotopic (exact) mass is 795 g/mol. The fourth-order valence-corrected chi connectivity index (χ4v) is 7.68. The minimum absolute atomic E-state index is 0.260. The fourth-order valence-electron chi connectivity index (χ4n) is 6.41. The van der Waals surface area contributed by atoms with Gasteiger partial charge in [0.2, 0.25) is 0 Å². The molecule has 0 aromatic heterocycles. The summed E-state index contributed by atoms with van der Waals surface area (Å²) in [5, 5.41) is 0. The minimum Gasteiger partial charge on any atom is -0.458 e. The normalized spacial score (nSPS) is 18.1. The molecule has 1 aliphatic heterocycles. The summed E-state index contributed by atoms with van der Waals surface area (Å²) in [4.78, 5) is 54.7. The summed E-state index contributed by atoms with van der Waals surface area (Å²) >= 11 is 1.39. The maximum Gasteiger partial charge on any atom is 0.338 e. The molecule has 10 nitrogen and oxygen atoms in total. The average molecular weight is 796 g/mol. The van der Waals surface area contributed by atoms with E-state index in [1.54, 1.807) is 121 Å². The lowest BCUT2D eigenvalue weighted by molar-refractivity contribution is -0.0900. The zero-order chi connectivity index (χ0) is 40.2. The van der Waals surface area contributed by atoms with Gasteiger partial charge in [0.15, 0.2) is 23.7 Å². The van der Waals surface area contributed by atoms with Crippen LogP contribution in [0.2, 0.25) is 0 Å². The molecule has 0 N–H and O–H groups in total. The van der Waals surface area contributed by atoms with Crippen LogP contribution in [0, 0.1) is 0 Å². The smallest absolute Gasteiger partial charge is 0.338 e. The van der Waals surface area contributed by atoms with Crippen molar-refractivity contribution >= 4 is 35.8 Å². The van der Waals surface area contributed by atoms with Gasteiger partial charge in [-0.2, -0.15) is 0 Å². The van der Waals surface area contributed by atoms with Gasteiger partial charge >= 0.3 is 23.9 Å².